The van der Waals surface area contributed by atoms with E-state index in [1.807, 2.05) is 24.3 Å². The van der Waals surface area contributed by atoms with E-state index < -0.39 is 0 Å². The van der Waals surface area contributed by atoms with E-state index in [1.54, 1.807) is 12.4 Å². The summed E-state index contributed by atoms with van der Waals surface area (Å²) in [6.07, 6.45) is 4.46. The molecule has 110 valence electrons. The van der Waals surface area contributed by atoms with Crippen LogP contribution in [0.4, 0.5) is 0 Å². The monoisotopic (exact) mass is 304 g/mol. The zero-order chi connectivity index (χ0) is 14.5. The maximum absolute atomic E-state index is 6.27. The number of hydrogen-bond donors (Lipinski definition) is 1. The van der Waals surface area contributed by atoms with Crippen molar-refractivity contribution < 1.29 is 9.47 Å². The molecule has 1 aliphatic rings. The maximum atomic E-state index is 6.27. The number of fused-ring (bicyclic) bond motifs is 1. The molecule has 1 aliphatic heterocycles. The largest absolute Gasteiger partial charge is 0.489 e. The minimum atomic E-state index is 0.607. The van der Waals surface area contributed by atoms with E-state index in [0.29, 0.717) is 24.0 Å². The van der Waals surface area contributed by atoms with Crippen LogP contribution in [0.2, 0.25) is 5.02 Å². The molecule has 3 rings (SSSR count). The molecule has 0 atom stereocenters. The predicted molar refractivity (Wildman–Crippen MR) is 81.8 cm³/mol. The summed E-state index contributed by atoms with van der Waals surface area (Å²) in [4.78, 5) is 4.00. The van der Waals surface area contributed by atoms with E-state index in [0.717, 1.165) is 30.8 Å². The van der Waals surface area contributed by atoms with Crippen LogP contribution >= 0.6 is 11.6 Å². The molecule has 1 aromatic carbocycles. The van der Waals surface area contributed by atoms with Crippen LogP contribution in [0.15, 0.2) is 36.7 Å². The lowest BCUT2D eigenvalue weighted by Gasteiger charge is -2.12. The molecule has 0 aliphatic carbocycles. The molecule has 0 radical (unpaired) electrons. The van der Waals surface area contributed by atoms with Gasteiger partial charge in [-0.3, -0.25) is 4.98 Å². The Morgan fingerprint density at radius 2 is 1.81 bits per heavy atom. The fourth-order valence-corrected chi connectivity index (χ4v) is 2.53. The van der Waals surface area contributed by atoms with Crippen LogP contribution in [0.1, 0.15) is 17.5 Å². The maximum Gasteiger partial charge on any atom is 0.179 e. The van der Waals surface area contributed by atoms with Gasteiger partial charge < -0.3 is 14.8 Å². The lowest BCUT2D eigenvalue weighted by Crippen LogP contribution is -2.12. The molecular formula is C16H17ClN2O2. The lowest BCUT2D eigenvalue weighted by atomic mass is 10.2. The van der Waals surface area contributed by atoms with Gasteiger partial charge in [0.25, 0.3) is 0 Å². The van der Waals surface area contributed by atoms with Crippen LogP contribution in [0, 0.1) is 0 Å². The molecular weight excluding hydrogens is 288 g/mol. The van der Waals surface area contributed by atoms with Crippen LogP contribution in [0.5, 0.6) is 11.5 Å². The standard InChI is InChI=1S/C16H17ClN2O2/c17-14-8-13(9-15-16(14)21-7-1-6-20-15)11-19-10-12-2-4-18-5-3-12/h2-5,8-9,19H,1,6-7,10-11H2. The molecule has 1 aromatic heterocycles. The highest BCUT2D eigenvalue weighted by atomic mass is 35.5. The highest BCUT2D eigenvalue weighted by molar-refractivity contribution is 6.32. The van der Waals surface area contributed by atoms with Gasteiger partial charge >= 0.3 is 0 Å². The van der Waals surface area contributed by atoms with E-state index in [9.17, 15) is 0 Å². The molecule has 5 heteroatoms. The average molecular weight is 305 g/mol. The Morgan fingerprint density at radius 1 is 1.05 bits per heavy atom. The summed E-state index contributed by atoms with van der Waals surface area (Å²) >= 11 is 6.27. The fourth-order valence-electron chi connectivity index (χ4n) is 2.24. The van der Waals surface area contributed by atoms with Gasteiger partial charge in [-0.25, -0.2) is 0 Å². The number of ether oxygens (including phenoxy) is 2. The quantitative estimate of drug-likeness (QED) is 0.942. The minimum Gasteiger partial charge on any atom is -0.489 e. The molecule has 4 nitrogen and oxygen atoms in total. The smallest absolute Gasteiger partial charge is 0.179 e. The second-order valence-electron chi connectivity index (χ2n) is 4.91. The summed E-state index contributed by atoms with van der Waals surface area (Å²) < 4.78 is 11.3. The summed E-state index contributed by atoms with van der Waals surface area (Å²) in [6, 6.07) is 7.91. The first kappa shape index (κ1) is 14.2. The fraction of sp³-hybridized carbons (Fsp3) is 0.312. The number of nitrogens with zero attached hydrogens (tertiary/aromatic N) is 1. The van der Waals surface area contributed by atoms with E-state index in [1.165, 1.54) is 5.56 Å². The SMILES string of the molecule is Clc1cc(CNCc2ccncc2)cc2c1OCCCO2. The highest BCUT2D eigenvalue weighted by Gasteiger charge is 2.15. The molecule has 1 N–H and O–H groups in total. The van der Waals surface area contributed by atoms with Gasteiger partial charge in [-0.15, -0.1) is 0 Å². The summed E-state index contributed by atoms with van der Waals surface area (Å²) in [7, 11) is 0. The second-order valence-corrected chi connectivity index (χ2v) is 5.32. The average Bonchev–Trinajstić information content (AvgIpc) is 2.74. The molecule has 0 saturated heterocycles. The first-order valence-electron chi connectivity index (χ1n) is 7.00. The Hall–Kier alpha value is -1.78. The van der Waals surface area contributed by atoms with Gasteiger partial charge in [-0.05, 0) is 35.4 Å². The van der Waals surface area contributed by atoms with Gasteiger partial charge in [0, 0.05) is 31.9 Å². The van der Waals surface area contributed by atoms with Crippen molar-refractivity contribution in [1.29, 1.82) is 0 Å². The summed E-state index contributed by atoms with van der Waals surface area (Å²) in [5.74, 6) is 1.40. The first-order chi connectivity index (χ1) is 10.3. The molecule has 0 unspecified atom stereocenters. The zero-order valence-corrected chi connectivity index (χ0v) is 12.4. The summed E-state index contributed by atoms with van der Waals surface area (Å²) in [5, 5.41) is 3.99. The van der Waals surface area contributed by atoms with Crippen molar-refractivity contribution in [3.05, 3.63) is 52.8 Å². The number of pyridine rings is 1. The second kappa shape index (κ2) is 6.78. The number of hydrogen-bond acceptors (Lipinski definition) is 4. The molecule has 2 heterocycles. The molecule has 0 spiro atoms. The van der Waals surface area contributed by atoms with Crippen LogP contribution in [-0.4, -0.2) is 18.2 Å². The molecule has 0 saturated carbocycles. The molecule has 0 fully saturated rings. The number of rotatable bonds is 4. The van der Waals surface area contributed by atoms with Crippen molar-refractivity contribution in [3.8, 4) is 11.5 Å². The Morgan fingerprint density at radius 3 is 2.67 bits per heavy atom. The van der Waals surface area contributed by atoms with Crippen LogP contribution in [-0.2, 0) is 13.1 Å². The molecule has 0 bridgehead atoms. The van der Waals surface area contributed by atoms with Gasteiger partial charge in [-0.1, -0.05) is 11.6 Å². The minimum absolute atomic E-state index is 0.607. The number of nitrogens with one attached hydrogen (secondary N) is 1. The van der Waals surface area contributed by atoms with Crippen LogP contribution in [0.3, 0.4) is 0 Å². The lowest BCUT2D eigenvalue weighted by molar-refractivity contribution is 0.297. The predicted octanol–water partition coefficient (Wildman–Crippen LogP) is 3.19. The Kier molecular flexibility index (Phi) is 4.58. The van der Waals surface area contributed by atoms with Gasteiger partial charge in [0.2, 0.25) is 0 Å². The number of aromatic nitrogens is 1. The Balaban J connectivity index is 1.66. The van der Waals surface area contributed by atoms with Crippen molar-refractivity contribution in [1.82, 2.24) is 10.3 Å². The van der Waals surface area contributed by atoms with Gasteiger partial charge in [0.05, 0.1) is 18.2 Å². The van der Waals surface area contributed by atoms with Crippen molar-refractivity contribution in [2.75, 3.05) is 13.2 Å². The number of benzene rings is 1. The molecule has 21 heavy (non-hydrogen) atoms. The van der Waals surface area contributed by atoms with Crippen molar-refractivity contribution in [3.63, 3.8) is 0 Å². The van der Waals surface area contributed by atoms with Crippen molar-refractivity contribution >= 4 is 11.6 Å². The van der Waals surface area contributed by atoms with Crippen molar-refractivity contribution in [2.24, 2.45) is 0 Å². The van der Waals surface area contributed by atoms with Gasteiger partial charge in [-0.2, -0.15) is 0 Å². The van der Waals surface area contributed by atoms with E-state index in [-0.39, 0.29) is 0 Å². The first-order valence-corrected chi connectivity index (χ1v) is 7.38. The topological polar surface area (TPSA) is 43.4 Å². The third-order valence-corrected chi connectivity index (χ3v) is 3.55. The van der Waals surface area contributed by atoms with Crippen LogP contribution < -0.4 is 14.8 Å². The van der Waals surface area contributed by atoms with E-state index in [2.05, 4.69) is 10.3 Å². The van der Waals surface area contributed by atoms with Crippen LogP contribution in [0.25, 0.3) is 0 Å². The third kappa shape index (κ3) is 3.65. The van der Waals surface area contributed by atoms with Crippen molar-refractivity contribution in [2.45, 2.75) is 19.5 Å². The Labute approximate surface area is 129 Å². The summed E-state index contributed by atoms with van der Waals surface area (Å²) in [6.45, 7) is 2.82. The zero-order valence-electron chi connectivity index (χ0n) is 11.6. The van der Waals surface area contributed by atoms with Gasteiger partial charge in [0.1, 0.15) is 0 Å². The highest BCUT2D eigenvalue weighted by Crippen LogP contribution is 2.37. The third-order valence-electron chi connectivity index (χ3n) is 3.27. The van der Waals surface area contributed by atoms with E-state index in [4.69, 9.17) is 21.1 Å². The molecule has 2 aromatic rings. The van der Waals surface area contributed by atoms with Gasteiger partial charge in [0.15, 0.2) is 11.5 Å². The van der Waals surface area contributed by atoms with E-state index >= 15 is 0 Å². The molecule has 0 amide bonds. The number of halogens is 1. The Bertz CT molecular complexity index is 605. The summed E-state index contributed by atoms with van der Waals surface area (Å²) in [5.41, 5.74) is 2.28. The normalized spacial score (nSPS) is 13.8.